The first-order valence-corrected chi connectivity index (χ1v) is 6.21. The number of halogens is 1. The van der Waals surface area contributed by atoms with E-state index in [0.29, 0.717) is 6.54 Å². The average molecular weight is 251 g/mol. The molecule has 0 amide bonds. The van der Waals surface area contributed by atoms with E-state index < -0.39 is 5.97 Å². The Morgan fingerprint density at radius 2 is 2.00 bits per heavy atom. The van der Waals surface area contributed by atoms with Crippen LogP contribution in [0, 0.1) is 17.7 Å². The van der Waals surface area contributed by atoms with Gasteiger partial charge in [-0.2, -0.15) is 0 Å². The Balaban J connectivity index is 2.09. The molecule has 2 rings (SSSR count). The van der Waals surface area contributed by atoms with Crippen LogP contribution in [0.2, 0.25) is 0 Å². The largest absolute Gasteiger partial charge is 0.481 e. The third-order valence-corrected chi connectivity index (χ3v) is 3.86. The number of rotatable bonds is 3. The summed E-state index contributed by atoms with van der Waals surface area (Å²) >= 11 is 0. The standard InChI is InChI=1S/C14H18FNO2/c1-9-7-16(8-13(9)14(17)18)10(2)11-3-5-12(15)6-4-11/h3-6,9-10,13H,7-8H2,1-2H3,(H,17,18). The molecule has 1 saturated heterocycles. The minimum atomic E-state index is -0.726. The number of carboxylic acid groups (broad SMARTS) is 1. The van der Waals surface area contributed by atoms with Crippen LogP contribution < -0.4 is 0 Å². The molecule has 1 aliphatic rings. The molecule has 0 radical (unpaired) electrons. The van der Waals surface area contributed by atoms with E-state index in [1.54, 1.807) is 12.1 Å². The molecule has 3 atom stereocenters. The van der Waals surface area contributed by atoms with Gasteiger partial charge in [0, 0.05) is 19.1 Å². The maximum Gasteiger partial charge on any atom is 0.308 e. The second-order valence-electron chi connectivity index (χ2n) is 5.10. The maximum atomic E-state index is 12.9. The molecule has 1 N–H and O–H groups in total. The molecule has 18 heavy (non-hydrogen) atoms. The summed E-state index contributed by atoms with van der Waals surface area (Å²) in [5, 5.41) is 9.11. The highest BCUT2D eigenvalue weighted by molar-refractivity contribution is 5.71. The minimum Gasteiger partial charge on any atom is -0.481 e. The number of aliphatic carboxylic acids is 1. The molecule has 3 nitrogen and oxygen atoms in total. The maximum absolute atomic E-state index is 12.9. The van der Waals surface area contributed by atoms with Crippen molar-refractivity contribution in [2.45, 2.75) is 19.9 Å². The lowest BCUT2D eigenvalue weighted by atomic mass is 9.99. The molecule has 1 aliphatic heterocycles. The molecule has 0 spiro atoms. The van der Waals surface area contributed by atoms with E-state index >= 15 is 0 Å². The van der Waals surface area contributed by atoms with Crippen LogP contribution in [0.15, 0.2) is 24.3 Å². The monoisotopic (exact) mass is 251 g/mol. The first kappa shape index (κ1) is 13.0. The SMILES string of the molecule is CC1CN(C(C)c2ccc(F)cc2)CC1C(=O)O. The average Bonchev–Trinajstić information content (AvgIpc) is 2.71. The van der Waals surface area contributed by atoms with E-state index in [0.717, 1.165) is 12.1 Å². The predicted octanol–water partition coefficient (Wildman–Crippen LogP) is 2.54. The number of hydrogen-bond donors (Lipinski definition) is 1. The van der Waals surface area contributed by atoms with Crippen molar-refractivity contribution in [2.24, 2.45) is 11.8 Å². The molecule has 0 aromatic heterocycles. The zero-order valence-corrected chi connectivity index (χ0v) is 10.6. The fourth-order valence-corrected chi connectivity index (χ4v) is 2.59. The molecule has 98 valence electrons. The van der Waals surface area contributed by atoms with Gasteiger partial charge in [0.2, 0.25) is 0 Å². The smallest absolute Gasteiger partial charge is 0.308 e. The molecule has 0 bridgehead atoms. The number of benzene rings is 1. The first-order valence-electron chi connectivity index (χ1n) is 6.21. The summed E-state index contributed by atoms with van der Waals surface area (Å²) in [4.78, 5) is 13.2. The van der Waals surface area contributed by atoms with Gasteiger partial charge in [-0.3, -0.25) is 9.69 Å². The molecule has 1 aromatic carbocycles. The molecule has 0 saturated carbocycles. The summed E-state index contributed by atoms with van der Waals surface area (Å²) < 4.78 is 12.9. The summed E-state index contributed by atoms with van der Waals surface area (Å²) in [6, 6.07) is 6.54. The molecular formula is C14H18FNO2. The normalized spacial score (nSPS) is 26.2. The van der Waals surface area contributed by atoms with Crippen LogP contribution in [0.4, 0.5) is 4.39 Å². The Hall–Kier alpha value is -1.42. The summed E-state index contributed by atoms with van der Waals surface area (Å²) in [5.74, 6) is -1.11. The third kappa shape index (κ3) is 2.53. The predicted molar refractivity (Wildman–Crippen MR) is 66.7 cm³/mol. The lowest BCUT2D eigenvalue weighted by Gasteiger charge is -2.24. The van der Waals surface area contributed by atoms with E-state index in [4.69, 9.17) is 5.11 Å². The molecule has 1 aromatic rings. The quantitative estimate of drug-likeness (QED) is 0.897. The van der Waals surface area contributed by atoms with Gasteiger partial charge in [0.1, 0.15) is 5.82 Å². The Kier molecular flexibility index (Phi) is 3.66. The number of carboxylic acids is 1. The topological polar surface area (TPSA) is 40.5 Å². The Bertz CT molecular complexity index is 432. The highest BCUT2D eigenvalue weighted by atomic mass is 19.1. The van der Waals surface area contributed by atoms with Gasteiger partial charge in [-0.15, -0.1) is 0 Å². The Morgan fingerprint density at radius 3 is 2.50 bits per heavy atom. The van der Waals surface area contributed by atoms with Gasteiger partial charge in [-0.05, 0) is 30.5 Å². The van der Waals surface area contributed by atoms with Crippen LogP contribution in [0.1, 0.15) is 25.5 Å². The van der Waals surface area contributed by atoms with Gasteiger partial charge in [0.25, 0.3) is 0 Å². The van der Waals surface area contributed by atoms with Crippen LogP contribution in [0.25, 0.3) is 0 Å². The minimum absolute atomic E-state index is 0.123. The van der Waals surface area contributed by atoms with Crippen molar-refractivity contribution < 1.29 is 14.3 Å². The molecule has 1 heterocycles. The molecule has 4 heteroatoms. The summed E-state index contributed by atoms with van der Waals surface area (Å²) in [6.07, 6.45) is 0. The van der Waals surface area contributed by atoms with Crippen molar-refractivity contribution >= 4 is 5.97 Å². The summed E-state index contributed by atoms with van der Waals surface area (Å²) in [5.41, 5.74) is 1.02. The molecule has 3 unspecified atom stereocenters. The van der Waals surface area contributed by atoms with E-state index in [2.05, 4.69) is 4.90 Å². The van der Waals surface area contributed by atoms with Gasteiger partial charge in [0.05, 0.1) is 5.92 Å². The van der Waals surface area contributed by atoms with Crippen molar-refractivity contribution in [3.63, 3.8) is 0 Å². The van der Waals surface area contributed by atoms with Crippen molar-refractivity contribution in [2.75, 3.05) is 13.1 Å². The van der Waals surface area contributed by atoms with Crippen molar-refractivity contribution in [1.82, 2.24) is 4.90 Å². The van der Waals surface area contributed by atoms with Crippen LogP contribution >= 0.6 is 0 Å². The molecular weight excluding hydrogens is 233 g/mol. The van der Waals surface area contributed by atoms with Crippen molar-refractivity contribution in [3.05, 3.63) is 35.6 Å². The van der Waals surface area contributed by atoms with Gasteiger partial charge in [0.15, 0.2) is 0 Å². The van der Waals surface area contributed by atoms with Gasteiger partial charge < -0.3 is 5.11 Å². The summed E-state index contributed by atoms with van der Waals surface area (Å²) in [6.45, 7) is 5.34. The lowest BCUT2D eigenvalue weighted by Crippen LogP contribution is -2.26. The fraction of sp³-hybridized carbons (Fsp3) is 0.500. The number of hydrogen-bond acceptors (Lipinski definition) is 2. The summed E-state index contributed by atoms with van der Waals surface area (Å²) in [7, 11) is 0. The number of carbonyl (C=O) groups is 1. The highest BCUT2D eigenvalue weighted by Crippen LogP contribution is 2.30. The highest BCUT2D eigenvalue weighted by Gasteiger charge is 2.36. The van der Waals surface area contributed by atoms with Crippen molar-refractivity contribution in [1.29, 1.82) is 0 Å². The van der Waals surface area contributed by atoms with E-state index in [9.17, 15) is 9.18 Å². The van der Waals surface area contributed by atoms with Crippen LogP contribution in [0.5, 0.6) is 0 Å². The van der Waals surface area contributed by atoms with E-state index in [1.165, 1.54) is 12.1 Å². The lowest BCUT2D eigenvalue weighted by molar-refractivity contribution is -0.142. The van der Waals surface area contributed by atoms with Gasteiger partial charge in [-0.1, -0.05) is 19.1 Å². The Labute approximate surface area is 106 Å². The van der Waals surface area contributed by atoms with Crippen molar-refractivity contribution in [3.8, 4) is 0 Å². The zero-order valence-electron chi connectivity index (χ0n) is 10.6. The van der Waals surface area contributed by atoms with E-state index in [1.807, 2.05) is 13.8 Å². The zero-order chi connectivity index (χ0) is 13.3. The second kappa shape index (κ2) is 5.06. The van der Waals surface area contributed by atoms with Crippen LogP contribution in [0.3, 0.4) is 0 Å². The third-order valence-electron chi connectivity index (χ3n) is 3.86. The van der Waals surface area contributed by atoms with Gasteiger partial charge in [-0.25, -0.2) is 4.39 Å². The molecule has 1 fully saturated rings. The Morgan fingerprint density at radius 1 is 1.39 bits per heavy atom. The number of nitrogens with zero attached hydrogens (tertiary/aromatic N) is 1. The van der Waals surface area contributed by atoms with Gasteiger partial charge >= 0.3 is 5.97 Å². The van der Waals surface area contributed by atoms with Crippen LogP contribution in [-0.2, 0) is 4.79 Å². The van der Waals surface area contributed by atoms with Crippen LogP contribution in [-0.4, -0.2) is 29.1 Å². The fourth-order valence-electron chi connectivity index (χ4n) is 2.59. The van der Waals surface area contributed by atoms with E-state index in [-0.39, 0.29) is 23.7 Å². The molecule has 0 aliphatic carbocycles. The number of likely N-dealkylation sites (tertiary alicyclic amines) is 1. The first-order chi connectivity index (χ1) is 8.49. The second-order valence-corrected chi connectivity index (χ2v) is 5.10.